The van der Waals surface area contributed by atoms with Gasteiger partial charge in [0.1, 0.15) is 6.10 Å². The second-order valence-electron chi connectivity index (χ2n) is 2.96. The van der Waals surface area contributed by atoms with E-state index in [9.17, 15) is 13.2 Å². The first-order chi connectivity index (χ1) is 5.99. The molecule has 5 nitrogen and oxygen atoms in total. The van der Waals surface area contributed by atoms with Crippen molar-refractivity contribution in [1.82, 2.24) is 4.31 Å². The number of ether oxygens (including phenoxy) is 1. The van der Waals surface area contributed by atoms with Crippen LogP contribution in [0.4, 0.5) is 0 Å². The Bertz CT molecular complexity index is 298. The zero-order valence-corrected chi connectivity index (χ0v) is 8.50. The SMILES string of the molecule is COC(C)C(=O)N1CCCS1(=O)=O. The minimum absolute atomic E-state index is 0.0647. The summed E-state index contributed by atoms with van der Waals surface area (Å²) in [6, 6.07) is 0. The van der Waals surface area contributed by atoms with E-state index < -0.39 is 22.0 Å². The fourth-order valence-corrected chi connectivity index (χ4v) is 2.73. The number of hydrogen-bond donors (Lipinski definition) is 0. The summed E-state index contributed by atoms with van der Waals surface area (Å²) in [5, 5.41) is 0. The first kappa shape index (κ1) is 10.5. The summed E-state index contributed by atoms with van der Waals surface area (Å²) < 4.78 is 28.2. The number of rotatable bonds is 2. The molecule has 1 unspecified atom stereocenters. The summed E-state index contributed by atoms with van der Waals surface area (Å²) in [4.78, 5) is 11.4. The Morgan fingerprint density at radius 3 is 2.54 bits per heavy atom. The molecule has 0 saturated carbocycles. The number of carbonyl (C=O) groups is 1. The van der Waals surface area contributed by atoms with Crippen LogP contribution in [0.2, 0.25) is 0 Å². The molecule has 1 heterocycles. The zero-order valence-electron chi connectivity index (χ0n) is 7.69. The second-order valence-corrected chi connectivity index (χ2v) is 4.97. The fraction of sp³-hybridized carbons (Fsp3) is 0.857. The molecule has 0 radical (unpaired) electrons. The van der Waals surface area contributed by atoms with Gasteiger partial charge in [-0.15, -0.1) is 0 Å². The van der Waals surface area contributed by atoms with Crippen molar-refractivity contribution in [2.45, 2.75) is 19.4 Å². The number of amides is 1. The van der Waals surface area contributed by atoms with Crippen LogP contribution in [0.5, 0.6) is 0 Å². The lowest BCUT2D eigenvalue weighted by molar-refractivity contribution is -0.135. The highest BCUT2D eigenvalue weighted by molar-refractivity contribution is 7.89. The smallest absolute Gasteiger partial charge is 0.264 e. The van der Waals surface area contributed by atoms with Gasteiger partial charge in [-0.1, -0.05) is 0 Å². The highest BCUT2D eigenvalue weighted by Gasteiger charge is 2.34. The van der Waals surface area contributed by atoms with Crippen LogP contribution in [-0.4, -0.2) is 44.1 Å². The average molecular weight is 207 g/mol. The standard InChI is InChI=1S/C7H13NO4S/c1-6(12-2)7(9)8-4-3-5-13(8,10)11/h6H,3-5H2,1-2H3. The lowest BCUT2D eigenvalue weighted by Crippen LogP contribution is -2.39. The van der Waals surface area contributed by atoms with Crippen molar-refractivity contribution in [3.63, 3.8) is 0 Å². The zero-order chi connectivity index (χ0) is 10.1. The fourth-order valence-electron chi connectivity index (χ4n) is 1.19. The molecule has 0 aromatic carbocycles. The number of hydrogen-bond acceptors (Lipinski definition) is 4. The second kappa shape index (κ2) is 3.63. The molecule has 0 bridgehead atoms. The molecule has 0 N–H and O–H groups in total. The maximum atomic E-state index is 11.4. The molecule has 13 heavy (non-hydrogen) atoms. The van der Waals surface area contributed by atoms with Gasteiger partial charge in [-0.05, 0) is 13.3 Å². The Morgan fingerprint density at radius 2 is 2.15 bits per heavy atom. The third-order valence-corrected chi connectivity index (χ3v) is 3.89. The van der Waals surface area contributed by atoms with Gasteiger partial charge < -0.3 is 4.74 Å². The van der Waals surface area contributed by atoms with Crippen LogP contribution in [0, 0.1) is 0 Å². The van der Waals surface area contributed by atoms with Crippen molar-refractivity contribution in [2.24, 2.45) is 0 Å². The van der Waals surface area contributed by atoms with E-state index in [-0.39, 0.29) is 12.3 Å². The van der Waals surface area contributed by atoms with Crippen LogP contribution >= 0.6 is 0 Å². The van der Waals surface area contributed by atoms with Gasteiger partial charge in [-0.25, -0.2) is 12.7 Å². The molecule has 0 aromatic rings. The van der Waals surface area contributed by atoms with Crippen LogP contribution in [0.15, 0.2) is 0 Å². The molecule has 6 heteroatoms. The summed E-state index contributed by atoms with van der Waals surface area (Å²) in [6.07, 6.45) is -0.169. The first-order valence-corrected chi connectivity index (χ1v) is 5.67. The van der Waals surface area contributed by atoms with Crippen molar-refractivity contribution in [3.05, 3.63) is 0 Å². The van der Waals surface area contributed by atoms with Gasteiger partial charge >= 0.3 is 0 Å². The maximum Gasteiger partial charge on any atom is 0.264 e. The summed E-state index contributed by atoms with van der Waals surface area (Å²) in [5.74, 6) is -0.408. The largest absolute Gasteiger partial charge is 0.372 e. The molecule has 1 atom stereocenters. The van der Waals surface area contributed by atoms with Gasteiger partial charge in [-0.3, -0.25) is 4.79 Å². The molecule has 1 fully saturated rings. The summed E-state index contributed by atoms with van der Waals surface area (Å²) in [7, 11) is -1.96. The van der Waals surface area contributed by atoms with Gasteiger partial charge in [0.05, 0.1) is 5.75 Å². The van der Waals surface area contributed by atoms with E-state index in [1.807, 2.05) is 0 Å². The highest BCUT2D eigenvalue weighted by atomic mass is 32.2. The van der Waals surface area contributed by atoms with Gasteiger partial charge in [-0.2, -0.15) is 0 Å². The summed E-state index contributed by atoms with van der Waals surface area (Å²) in [6.45, 7) is 1.82. The Morgan fingerprint density at radius 1 is 1.54 bits per heavy atom. The summed E-state index contributed by atoms with van der Waals surface area (Å²) in [5.41, 5.74) is 0. The lowest BCUT2D eigenvalue weighted by atomic mass is 10.3. The van der Waals surface area contributed by atoms with Gasteiger partial charge in [0.15, 0.2) is 0 Å². The molecule has 1 aliphatic rings. The van der Waals surface area contributed by atoms with Crippen LogP contribution in [-0.2, 0) is 19.6 Å². The molecule has 1 saturated heterocycles. The molecule has 0 spiro atoms. The molecule has 1 aliphatic heterocycles. The molecular formula is C7H13NO4S. The van der Waals surface area contributed by atoms with E-state index in [1.165, 1.54) is 14.0 Å². The lowest BCUT2D eigenvalue weighted by Gasteiger charge is -2.18. The Balaban J connectivity index is 2.78. The highest BCUT2D eigenvalue weighted by Crippen LogP contribution is 2.15. The van der Waals surface area contributed by atoms with Crippen LogP contribution in [0.25, 0.3) is 0 Å². The maximum absolute atomic E-state index is 11.4. The van der Waals surface area contributed by atoms with Crippen LogP contribution < -0.4 is 0 Å². The topological polar surface area (TPSA) is 63.7 Å². The number of carbonyl (C=O) groups excluding carboxylic acids is 1. The van der Waals surface area contributed by atoms with E-state index in [0.29, 0.717) is 6.42 Å². The van der Waals surface area contributed by atoms with Crippen molar-refractivity contribution in [3.8, 4) is 0 Å². The Hall–Kier alpha value is -0.620. The third kappa shape index (κ3) is 2.00. The molecule has 1 amide bonds. The molecule has 76 valence electrons. The van der Waals surface area contributed by atoms with E-state index in [2.05, 4.69) is 0 Å². The predicted octanol–water partition coefficient (Wildman–Crippen LogP) is -0.417. The minimum atomic E-state index is -3.34. The molecule has 1 rings (SSSR count). The molecule has 0 aliphatic carbocycles. The van der Waals surface area contributed by atoms with Crippen molar-refractivity contribution in [1.29, 1.82) is 0 Å². The van der Waals surface area contributed by atoms with E-state index in [0.717, 1.165) is 4.31 Å². The van der Waals surface area contributed by atoms with Crippen molar-refractivity contribution < 1.29 is 17.9 Å². The first-order valence-electron chi connectivity index (χ1n) is 4.06. The Labute approximate surface area is 77.7 Å². The van der Waals surface area contributed by atoms with E-state index >= 15 is 0 Å². The van der Waals surface area contributed by atoms with Crippen LogP contribution in [0.1, 0.15) is 13.3 Å². The number of sulfonamides is 1. The van der Waals surface area contributed by atoms with Crippen molar-refractivity contribution in [2.75, 3.05) is 19.4 Å². The third-order valence-electron chi connectivity index (χ3n) is 2.05. The van der Waals surface area contributed by atoms with Gasteiger partial charge in [0, 0.05) is 13.7 Å². The normalized spacial score (nSPS) is 23.1. The predicted molar refractivity (Wildman–Crippen MR) is 46.6 cm³/mol. The Kier molecular flexibility index (Phi) is 2.92. The van der Waals surface area contributed by atoms with Crippen LogP contribution in [0.3, 0.4) is 0 Å². The van der Waals surface area contributed by atoms with E-state index in [4.69, 9.17) is 4.74 Å². The molecule has 0 aromatic heterocycles. The number of methoxy groups -OCH3 is 1. The summed E-state index contributed by atoms with van der Waals surface area (Å²) >= 11 is 0. The number of nitrogens with zero attached hydrogens (tertiary/aromatic N) is 1. The van der Waals surface area contributed by atoms with Gasteiger partial charge in [0.25, 0.3) is 5.91 Å². The molecular weight excluding hydrogens is 194 g/mol. The van der Waals surface area contributed by atoms with E-state index in [1.54, 1.807) is 0 Å². The minimum Gasteiger partial charge on any atom is -0.372 e. The monoisotopic (exact) mass is 207 g/mol. The quantitative estimate of drug-likeness (QED) is 0.617. The van der Waals surface area contributed by atoms with Crippen molar-refractivity contribution >= 4 is 15.9 Å². The van der Waals surface area contributed by atoms with Gasteiger partial charge in [0.2, 0.25) is 10.0 Å². The average Bonchev–Trinajstić information content (AvgIpc) is 2.42.